The first-order valence-electron chi connectivity index (χ1n) is 5.21. The van der Waals surface area contributed by atoms with Crippen molar-refractivity contribution in [1.82, 2.24) is 0 Å². The molecule has 0 spiro atoms. The zero-order valence-electron chi connectivity index (χ0n) is 9.59. The summed E-state index contributed by atoms with van der Waals surface area (Å²) in [6.45, 7) is 0. The van der Waals surface area contributed by atoms with Gasteiger partial charge in [0.15, 0.2) is 0 Å². The summed E-state index contributed by atoms with van der Waals surface area (Å²) in [5.74, 6) is 0. The van der Waals surface area contributed by atoms with E-state index in [0.717, 1.165) is 9.79 Å². The van der Waals surface area contributed by atoms with Gasteiger partial charge in [0.25, 0.3) is 0 Å². The van der Waals surface area contributed by atoms with Gasteiger partial charge >= 0.3 is 0 Å². The average Bonchev–Trinajstić information content (AvgIpc) is 2.35. The second kappa shape index (κ2) is 5.32. The molecule has 4 nitrogen and oxygen atoms in total. The van der Waals surface area contributed by atoms with Crippen molar-refractivity contribution in [2.24, 2.45) is 0 Å². The van der Waals surface area contributed by atoms with E-state index in [9.17, 15) is 0 Å². The third-order valence-corrected chi connectivity index (χ3v) is 4.73. The largest absolute Gasteiger partial charge is 0.397 e. The van der Waals surface area contributed by atoms with Crippen molar-refractivity contribution in [1.29, 1.82) is 0 Å². The summed E-state index contributed by atoms with van der Waals surface area (Å²) in [5, 5.41) is 0. The highest BCUT2D eigenvalue weighted by Crippen LogP contribution is 2.39. The summed E-state index contributed by atoms with van der Waals surface area (Å²) < 4.78 is 0. The van der Waals surface area contributed by atoms with Gasteiger partial charge in [-0.25, -0.2) is 0 Å². The van der Waals surface area contributed by atoms with E-state index >= 15 is 0 Å². The molecule has 6 heteroatoms. The van der Waals surface area contributed by atoms with E-state index in [4.69, 9.17) is 22.9 Å². The third-order valence-electron chi connectivity index (χ3n) is 2.35. The van der Waals surface area contributed by atoms with Crippen LogP contribution in [0.15, 0.2) is 46.2 Å². The van der Waals surface area contributed by atoms with Crippen molar-refractivity contribution in [3.63, 3.8) is 0 Å². The fourth-order valence-electron chi connectivity index (χ4n) is 1.31. The molecule has 0 radical (unpaired) electrons. The first-order valence-corrected chi connectivity index (χ1v) is 7.36. The van der Waals surface area contributed by atoms with Crippen molar-refractivity contribution in [3.8, 4) is 0 Å². The summed E-state index contributed by atoms with van der Waals surface area (Å²) in [6, 6.07) is 11.2. The van der Waals surface area contributed by atoms with Gasteiger partial charge in [0.1, 0.15) is 0 Å². The molecule has 0 aromatic heterocycles. The van der Waals surface area contributed by atoms with Crippen molar-refractivity contribution in [2.75, 3.05) is 22.9 Å². The summed E-state index contributed by atoms with van der Waals surface area (Å²) in [6.07, 6.45) is 0. The van der Waals surface area contributed by atoms with Gasteiger partial charge in [-0.15, -0.1) is 0 Å². The summed E-state index contributed by atoms with van der Waals surface area (Å²) in [7, 11) is 3.19. The molecule has 0 aliphatic rings. The molecule has 0 aliphatic carbocycles. The van der Waals surface area contributed by atoms with Crippen LogP contribution in [-0.2, 0) is 0 Å². The molecule has 0 saturated carbocycles. The number of benzene rings is 2. The van der Waals surface area contributed by atoms with E-state index in [-0.39, 0.29) is 0 Å². The Hall–Kier alpha value is -1.66. The molecule has 0 unspecified atom stereocenters. The van der Waals surface area contributed by atoms with Crippen LogP contribution < -0.4 is 22.9 Å². The van der Waals surface area contributed by atoms with Crippen LogP contribution in [0.1, 0.15) is 0 Å². The molecule has 0 saturated heterocycles. The first kappa shape index (κ1) is 12.8. The lowest BCUT2D eigenvalue weighted by Crippen LogP contribution is -1.94. The maximum Gasteiger partial charge on any atom is 0.0559 e. The molecule has 94 valence electrons. The summed E-state index contributed by atoms with van der Waals surface area (Å²) >= 11 is 0. The van der Waals surface area contributed by atoms with E-state index in [2.05, 4.69) is 0 Å². The van der Waals surface area contributed by atoms with E-state index in [0.29, 0.717) is 22.7 Å². The minimum absolute atomic E-state index is 0.595. The Balaban J connectivity index is 2.06. The first-order chi connectivity index (χ1) is 8.56. The monoisotopic (exact) mass is 278 g/mol. The Kier molecular flexibility index (Phi) is 3.78. The second-order valence-corrected chi connectivity index (χ2v) is 6.02. The van der Waals surface area contributed by atoms with Gasteiger partial charge in [-0.1, -0.05) is 21.6 Å². The Labute approximate surface area is 113 Å². The molecule has 2 aromatic carbocycles. The van der Waals surface area contributed by atoms with Crippen LogP contribution in [0.4, 0.5) is 22.7 Å². The Morgan fingerprint density at radius 2 is 0.944 bits per heavy atom. The van der Waals surface area contributed by atoms with Crippen LogP contribution in [-0.4, -0.2) is 0 Å². The van der Waals surface area contributed by atoms with Gasteiger partial charge in [-0.2, -0.15) is 0 Å². The minimum atomic E-state index is 0.595. The average molecular weight is 278 g/mol. The predicted octanol–water partition coefficient (Wildman–Crippen LogP) is 2.81. The van der Waals surface area contributed by atoms with Crippen molar-refractivity contribution < 1.29 is 0 Å². The van der Waals surface area contributed by atoms with E-state index in [1.54, 1.807) is 33.7 Å². The summed E-state index contributed by atoms with van der Waals surface area (Å²) in [5.41, 5.74) is 25.2. The molecule has 0 aliphatic heterocycles. The second-order valence-electron chi connectivity index (χ2n) is 3.75. The van der Waals surface area contributed by atoms with Crippen LogP contribution in [0, 0.1) is 0 Å². The van der Waals surface area contributed by atoms with Gasteiger partial charge in [0.05, 0.1) is 22.7 Å². The van der Waals surface area contributed by atoms with Crippen LogP contribution in [0.3, 0.4) is 0 Å². The Morgan fingerprint density at radius 3 is 1.28 bits per heavy atom. The molecule has 0 heterocycles. The van der Waals surface area contributed by atoms with Crippen LogP contribution in [0.5, 0.6) is 0 Å². The highest BCUT2D eigenvalue weighted by molar-refractivity contribution is 8.76. The normalized spacial score (nSPS) is 10.4. The predicted molar refractivity (Wildman–Crippen MR) is 82.2 cm³/mol. The van der Waals surface area contributed by atoms with Gasteiger partial charge in [0, 0.05) is 9.79 Å². The standard InChI is InChI=1S/C12H14N4S2/c13-9-3-1-7(5-11(9)15)17-18-8-2-4-10(14)12(16)6-8/h1-6H,13-16H2. The Bertz CT molecular complexity index is 520. The maximum atomic E-state index is 5.75. The van der Waals surface area contributed by atoms with Crippen LogP contribution in [0.2, 0.25) is 0 Å². The lowest BCUT2D eigenvalue weighted by Gasteiger charge is -2.06. The van der Waals surface area contributed by atoms with Crippen molar-refractivity contribution >= 4 is 44.3 Å². The van der Waals surface area contributed by atoms with Gasteiger partial charge < -0.3 is 22.9 Å². The topological polar surface area (TPSA) is 104 Å². The molecular weight excluding hydrogens is 264 g/mol. The zero-order chi connectivity index (χ0) is 13.1. The number of nitrogen functional groups attached to an aromatic ring is 4. The molecular formula is C12H14N4S2. The molecule has 2 aromatic rings. The van der Waals surface area contributed by atoms with Crippen LogP contribution >= 0.6 is 21.6 Å². The van der Waals surface area contributed by atoms with Crippen molar-refractivity contribution in [2.45, 2.75) is 9.79 Å². The molecule has 8 N–H and O–H groups in total. The smallest absolute Gasteiger partial charge is 0.0559 e. The highest BCUT2D eigenvalue weighted by Gasteiger charge is 2.02. The lowest BCUT2D eigenvalue weighted by atomic mass is 10.3. The van der Waals surface area contributed by atoms with Gasteiger partial charge in [-0.05, 0) is 36.4 Å². The van der Waals surface area contributed by atoms with E-state index in [1.807, 2.05) is 24.3 Å². The molecule has 0 atom stereocenters. The fourth-order valence-corrected chi connectivity index (χ4v) is 3.29. The number of rotatable bonds is 3. The fraction of sp³-hybridized carbons (Fsp3) is 0. The highest BCUT2D eigenvalue weighted by atomic mass is 33.1. The molecule has 0 amide bonds. The number of hydrogen-bond donors (Lipinski definition) is 4. The Morgan fingerprint density at radius 1 is 0.556 bits per heavy atom. The number of nitrogens with two attached hydrogens (primary N) is 4. The molecule has 0 fully saturated rings. The zero-order valence-corrected chi connectivity index (χ0v) is 11.2. The van der Waals surface area contributed by atoms with Crippen LogP contribution in [0.25, 0.3) is 0 Å². The lowest BCUT2D eigenvalue weighted by molar-refractivity contribution is 1.46. The summed E-state index contributed by atoms with van der Waals surface area (Å²) in [4.78, 5) is 2.09. The number of anilines is 4. The van der Waals surface area contributed by atoms with Gasteiger partial charge in [-0.3, -0.25) is 0 Å². The third kappa shape index (κ3) is 2.96. The minimum Gasteiger partial charge on any atom is -0.397 e. The molecule has 2 rings (SSSR count). The van der Waals surface area contributed by atoms with E-state index in [1.165, 1.54) is 0 Å². The molecule has 0 bridgehead atoms. The van der Waals surface area contributed by atoms with Gasteiger partial charge in [0.2, 0.25) is 0 Å². The SMILES string of the molecule is Nc1ccc(SSc2ccc(N)c(N)c2)cc1N. The van der Waals surface area contributed by atoms with Crippen molar-refractivity contribution in [3.05, 3.63) is 36.4 Å². The van der Waals surface area contributed by atoms with E-state index < -0.39 is 0 Å². The number of hydrogen-bond acceptors (Lipinski definition) is 6. The quantitative estimate of drug-likeness (QED) is 0.508. The molecule has 18 heavy (non-hydrogen) atoms. The maximum absolute atomic E-state index is 5.75.